The van der Waals surface area contributed by atoms with Gasteiger partial charge in [0.05, 0.1) is 34.7 Å². The molecule has 0 bridgehead atoms. The molecule has 12 atom stereocenters. The maximum atomic E-state index is 13.2. The number of Topliss-reactive ketones (excluding diaryl/α,β-unsaturated/α-hetero) is 1. The van der Waals surface area contributed by atoms with Crippen LogP contribution in [0.4, 0.5) is 0 Å². The van der Waals surface area contributed by atoms with E-state index in [4.69, 9.17) is 14.2 Å². The van der Waals surface area contributed by atoms with Gasteiger partial charge in [-0.2, -0.15) is 0 Å². The van der Waals surface area contributed by atoms with Crippen LogP contribution < -0.4 is 0 Å². The summed E-state index contributed by atoms with van der Waals surface area (Å²) in [6.07, 6.45) is 2.87. The van der Waals surface area contributed by atoms with Crippen LogP contribution in [0.2, 0.25) is 0 Å². The van der Waals surface area contributed by atoms with Gasteiger partial charge in [-0.1, -0.05) is 73.9 Å². The first kappa shape index (κ1) is 47.6. The average molecular weight is 670 g/mol. The molecular weight excluding hydrogens is 594 g/mol. The summed E-state index contributed by atoms with van der Waals surface area (Å²) >= 11 is 0. The van der Waals surface area contributed by atoms with Gasteiger partial charge in [0.2, 0.25) is 0 Å². The fraction of sp³-hybridized carbons (Fsp3) is 0.897. The quantitative estimate of drug-likeness (QED) is 0.158. The average Bonchev–Trinajstić information content (AvgIpc) is 3.02. The number of rotatable bonds is 3. The molecule has 8 heteroatoms. The van der Waals surface area contributed by atoms with Crippen LogP contribution in [0.5, 0.6) is 0 Å². The molecule has 0 aromatic carbocycles. The first-order valence-corrected chi connectivity index (χ1v) is 18.0. The lowest BCUT2D eigenvalue weighted by atomic mass is 9.67. The van der Waals surface area contributed by atoms with E-state index in [2.05, 4.69) is 37.8 Å². The zero-order chi connectivity index (χ0) is 37.3. The summed E-state index contributed by atoms with van der Waals surface area (Å²) in [5.41, 5.74) is -1.52. The van der Waals surface area contributed by atoms with E-state index in [1.54, 1.807) is 28.1 Å². The molecule has 47 heavy (non-hydrogen) atoms. The summed E-state index contributed by atoms with van der Waals surface area (Å²) in [6.45, 7) is 30.2. The Labute approximate surface area is 289 Å². The predicted octanol–water partition coefficient (Wildman–Crippen LogP) is 8.19. The molecule has 278 valence electrons. The van der Waals surface area contributed by atoms with Crippen molar-refractivity contribution in [3.05, 3.63) is 0 Å². The van der Waals surface area contributed by atoms with Gasteiger partial charge in [-0.25, -0.2) is 0 Å². The fourth-order valence-corrected chi connectivity index (χ4v) is 7.34. The molecular formula is C39H75NO7. The first-order chi connectivity index (χ1) is 21.7. The normalized spacial score (nSPS) is 40.9. The number of methoxy groups -OCH3 is 2. The molecule has 1 aliphatic heterocycles. The van der Waals surface area contributed by atoms with Gasteiger partial charge in [0.1, 0.15) is 5.78 Å². The number of ketones is 1. The van der Waals surface area contributed by atoms with Crippen molar-refractivity contribution in [1.82, 2.24) is 0 Å². The highest BCUT2D eigenvalue weighted by Gasteiger charge is 2.44. The molecule has 1 saturated heterocycles. The van der Waals surface area contributed by atoms with E-state index in [-0.39, 0.29) is 59.4 Å². The van der Waals surface area contributed by atoms with Crippen LogP contribution in [0.3, 0.4) is 0 Å². The van der Waals surface area contributed by atoms with Gasteiger partial charge in [0, 0.05) is 50.9 Å². The summed E-state index contributed by atoms with van der Waals surface area (Å²) in [5, 5.41) is 36.0. The smallest absolute Gasteiger partial charge is 0.138 e. The van der Waals surface area contributed by atoms with Gasteiger partial charge in [-0.15, -0.1) is 11.8 Å². The monoisotopic (exact) mass is 670 g/mol. The predicted molar refractivity (Wildman–Crippen MR) is 195 cm³/mol. The number of carbonyl (C=O) groups excluding carboxylic acids is 1. The summed E-state index contributed by atoms with van der Waals surface area (Å²) in [5.74, 6) is 4.75. The summed E-state index contributed by atoms with van der Waals surface area (Å²) < 4.78 is 16.7. The van der Waals surface area contributed by atoms with Crippen LogP contribution in [0.15, 0.2) is 5.16 Å². The Morgan fingerprint density at radius 3 is 1.85 bits per heavy atom. The maximum Gasteiger partial charge on any atom is 0.138 e. The van der Waals surface area contributed by atoms with E-state index in [1.165, 1.54) is 0 Å². The van der Waals surface area contributed by atoms with Crippen molar-refractivity contribution in [2.45, 2.75) is 165 Å². The van der Waals surface area contributed by atoms with Gasteiger partial charge < -0.3 is 29.6 Å². The Kier molecular flexibility index (Phi) is 22.6. The molecule has 0 radical (unpaired) electrons. The summed E-state index contributed by atoms with van der Waals surface area (Å²) in [4.78, 5) is 13.2. The standard InChI is InChI=1S/C24H45NO5.C9H18O2.C4H6.C2H6/c1-10-19-11-20(26)17(5)22(30-9)15(3)13-23(7,27)12-14(2)21(25-29)16(4)18(6)24(19,8)28;1-7-8(2)11-6-5-9(7,3)10-4;1-3-4-2;1-2/h14-19,22,27-29H,10-13H2,1-9H3;7-8H,5-6H2,1-4H3;1-2H3;1-2H3/b25-21+;;;/t14-,15-,16?,17+,18?,19+,22+,23-,24+;7-,8?,9+;;/m10../s1. The zero-order valence-electron chi connectivity index (χ0n) is 33.4. The number of oxime groups is 1. The Bertz CT molecular complexity index is 962. The van der Waals surface area contributed by atoms with Crippen LogP contribution in [-0.2, 0) is 19.0 Å². The third-order valence-electron chi connectivity index (χ3n) is 11.2. The van der Waals surface area contributed by atoms with Crippen molar-refractivity contribution in [3.63, 3.8) is 0 Å². The molecule has 0 amide bonds. The molecule has 2 fully saturated rings. The van der Waals surface area contributed by atoms with Gasteiger partial charge >= 0.3 is 0 Å². The minimum atomic E-state index is -1.11. The van der Waals surface area contributed by atoms with Crippen molar-refractivity contribution >= 4 is 11.5 Å². The van der Waals surface area contributed by atoms with Crippen molar-refractivity contribution in [2.75, 3.05) is 20.8 Å². The lowest BCUT2D eigenvalue weighted by Crippen LogP contribution is -2.48. The number of hydrogen-bond acceptors (Lipinski definition) is 8. The third-order valence-corrected chi connectivity index (χ3v) is 11.2. The molecule has 2 aliphatic rings. The van der Waals surface area contributed by atoms with Crippen molar-refractivity contribution in [3.8, 4) is 11.8 Å². The number of carbonyl (C=O) groups is 1. The topological polar surface area (TPSA) is 118 Å². The van der Waals surface area contributed by atoms with Crippen LogP contribution in [0, 0.1) is 53.3 Å². The Morgan fingerprint density at radius 2 is 1.45 bits per heavy atom. The molecule has 0 aromatic rings. The van der Waals surface area contributed by atoms with E-state index in [1.807, 2.05) is 69.2 Å². The molecule has 3 N–H and O–H groups in total. The molecule has 0 spiro atoms. The van der Waals surface area contributed by atoms with Gasteiger partial charge in [0.15, 0.2) is 0 Å². The van der Waals surface area contributed by atoms with E-state index in [9.17, 15) is 20.2 Å². The fourth-order valence-electron chi connectivity index (χ4n) is 7.34. The molecule has 0 aromatic heterocycles. The van der Waals surface area contributed by atoms with Crippen molar-refractivity contribution in [2.24, 2.45) is 46.6 Å². The molecule has 1 saturated carbocycles. The molecule has 3 unspecified atom stereocenters. The lowest BCUT2D eigenvalue weighted by molar-refractivity contribution is -0.148. The van der Waals surface area contributed by atoms with E-state index in [0.29, 0.717) is 37.0 Å². The highest BCUT2D eigenvalue weighted by molar-refractivity contribution is 5.88. The highest BCUT2D eigenvalue weighted by atomic mass is 16.5. The molecule has 1 heterocycles. The van der Waals surface area contributed by atoms with Crippen LogP contribution >= 0.6 is 0 Å². The highest BCUT2D eigenvalue weighted by Crippen LogP contribution is 2.40. The molecule has 1 aliphatic carbocycles. The molecule has 2 rings (SSSR count). The van der Waals surface area contributed by atoms with Gasteiger partial charge in [-0.05, 0) is 78.6 Å². The second-order valence-electron chi connectivity index (χ2n) is 14.5. The number of hydrogen-bond donors (Lipinski definition) is 3. The minimum absolute atomic E-state index is 0.0255. The second kappa shape index (κ2) is 22.3. The lowest BCUT2D eigenvalue weighted by Gasteiger charge is -2.43. The van der Waals surface area contributed by atoms with E-state index < -0.39 is 11.2 Å². The first-order valence-electron chi connectivity index (χ1n) is 18.0. The van der Waals surface area contributed by atoms with Crippen LogP contribution in [0.25, 0.3) is 0 Å². The Morgan fingerprint density at radius 1 is 0.915 bits per heavy atom. The summed E-state index contributed by atoms with van der Waals surface area (Å²) in [7, 11) is 3.40. The van der Waals surface area contributed by atoms with Crippen molar-refractivity contribution < 1.29 is 34.4 Å². The summed E-state index contributed by atoms with van der Waals surface area (Å²) in [6, 6.07) is 0. The number of aliphatic hydroxyl groups is 2. The van der Waals surface area contributed by atoms with E-state index in [0.717, 1.165) is 13.0 Å². The Balaban J connectivity index is 0. The second-order valence-corrected chi connectivity index (χ2v) is 14.5. The SMILES string of the molecule is CC.CC#CC.CC[C@H]1CC(=O)[C@H](C)[C@@H](OC)[C@H](C)C[C@](C)(O)C[C@@H](C)/C(=N\O)C(C)C(C)[C@]1(C)O.CO[C@]1(C)CCOC(C)[C@@H]1C. The Hall–Kier alpha value is -1.50. The number of nitrogens with zero attached hydrogens (tertiary/aromatic N) is 1. The zero-order valence-corrected chi connectivity index (χ0v) is 33.4. The van der Waals surface area contributed by atoms with Gasteiger partial charge in [0.25, 0.3) is 0 Å². The molecule has 8 nitrogen and oxygen atoms in total. The maximum absolute atomic E-state index is 13.2. The van der Waals surface area contributed by atoms with E-state index >= 15 is 0 Å². The van der Waals surface area contributed by atoms with Crippen molar-refractivity contribution in [1.29, 1.82) is 0 Å². The van der Waals surface area contributed by atoms with Crippen LogP contribution in [0.1, 0.15) is 136 Å². The number of ether oxygens (including phenoxy) is 3. The largest absolute Gasteiger partial charge is 0.411 e. The minimum Gasteiger partial charge on any atom is -0.411 e. The third kappa shape index (κ3) is 14.1. The van der Waals surface area contributed by atoms with Gasteiger partial charge in [-0.3, -0.25) is 4.79 Å². The van der Waals surface area contributed by atoms with Crippen LogP contribution in [-0.4, -0.2) is 76.8 Å².